The van der Waals surface area contributed by atoms with Gasteiger partial charge in [-0.15, -0.1) is 4.68 Å². The van der Waals surface area contributed by atoms with Gasteiger partial charge in [0.1, 0.15) is 11.5 Å². The number of carbonyl (C=O) groups is 2. The summed E-state index contributed by atoms with van der Waals surface area (Å²) in [5.74, 6) is -1.27. The van der Waals surface area contributed by atoms with Crippen molar-refractivity contribution in [1.29, 1.82) is 0 Å². The van der Waals surface area contributed by atoms with E-state index < -0.39 is 23.3 Å². The van der Waals surface area contributed by atoms with Gasteiger partial charge >= 0.3 is 11.7 Å². The first kappa shape index (κ1) is 18.2. The van der Waals surface area contributed by atoms with E-state index in [1.54, 1.807) is 37.3 Å². The quantitative estimate of drug-likeness (QED) is 0.520. The maximum atomic E-state index is 14.3. The lowest BCUT2D eigenvalue weighted by Crippen LogP contribution is -2.41. The number of amides is 1. The molecule has 0 unspecified atom stereocenters. The summed E-state index contributed by atoms with van der Waals surface area (Å²) in [5.41, 5.74) is -0.771. The monoisotopic (exact) mass is 369 g/mol. The molecule has 0 fully saturated rings. The Morgan fingerprint density at radius 2 is 1.78 bits per heavy atom. The van der Waals surface area contributed by atoms with Crippen LogP contribution in [0.3, 0.4) is 0 Å². The van der Waals surface area contributed by atoms with Gasteiger partial charge < -0.3 is 0 Å². The van der Waals surface area contributed by atoms with E-state index >= 15 is 0 Å². The van der Waals surface area contributed by atoms with Crippen molar-refractivity contribution in [3.05, 3.63) is 70.4 Å². The van der Waals surface area contributed by atoms with Crippen LogP contribution in [0.1, 0.15) is 24.2 Å². The summed E-state index contributed by atoms with van der Waals surface area (Å²) < 4.78 is 15.4. The molecular weight excluding hydrogens is 353 g/mol. The molecule has 27 heavy (non-hydrogen) atoms. The number of Topliss-reactive ketones (excluding diaryl/α,β-unsaturated/α-hetero) is 1. The smallest absolute Gasteiger partial charge is 0.294 e. The highest BCUT2D eigenvalue weighted by Gasteiger charge is 2.24. The number of hydrogen-bond donors (Lipinski definition) is 0. The van der Waals surface area contributed by atoms with E-state index in [1.807, 2.05) is 0 Å². The van der Waals surface area contributed by atoms with Gasteiger partial charge in [-0.1, -0.05) is 24.3 Å². The number of rotatable bonds is 4. The Morgan fingerprint density at radius 3 is 2.41 bits per heavy atom. The Labute approximate surface area is 153 Å². The molecule has 1 amide bonds. The van der Waals surface area contributed by atoms with E-state index in [-0.39, 0.29) is 17.8 Å². The normalized spacial score (nSPS) is 10.6. The molecule has 0 aliphatic carbocycles. The topological polar surface area (TPSA) is 90.1 Å². The third-order valence-electron chi connectivity index (χ3n) is 3.96. The molecule has 0 saturated heterocycles. The van der Waals surface area contributed by atoms with Crippen LogP contribution in [-0.2, 0) is 0 Å². The number of hydrogen-bond acceptors (Lipinski definition) is 5. The Hall–Kier alpha value is -3.62. The zero-order chi connectivity index (χ0) is 19.6. The average molecular weight is 369 g/mol. The lowest BCUT2D eigenvalue weighted by molar-refractivity contribution is 0.101. The first-order valence-electron chi connectivity index (χ1n) is 8.17. The molecule has 0 saturated carbocycles. The molecule has 3 rings (SSSR count). The number of benzene rings is 2. The van der Waals surface area contributed by atoms with Crippen LogP contribution < -0.4 is 10.6 Å². The lowest BCUT2D eigenvalue weighted by atomic mass is 10.1. The standard InChI is InChI=1S/C18H16FN5O3/c1-3-22(13-8-5-4-6-9-13)17(26)24-18(27)23(20-21-24)16-14(12(2)25)10-7-11-15(16)19/h4-11H,3H2,1-2H3. The maximum Gasteiger partial charge on any atom is 0.377 e. The zero-order valence-corrected chi connectivity index (χ0v) is 14.7. The highest BCUT2D eigenvalue weighted by molar-refractivity contribution is 5.97. The van der Waals surface area contributed by atoms with E-state index in [1.165, 1.54) is 24.0 Å². The van der Waals surface area contributed by atoms with Crippen LogP contribution in [0.4, 0.5) is 14.9 Å². The first-order valence-corrected chi connectivity index (χ1v) is 8.17. The molecule has 0 spiro atoms. The fourth-order valence-electron chi connectivity index (χ4n) is 2.67. The van der Waals surface area contributed by atoms with Crippen LogP contribution in [0.2, 0.25) is 0 Å². The number of halogens is 1. The SMILES string of the molecule is CCN(C(=O)n1nnn(-c2c(F)cccc2C(C)=O)c1=O)c1ccccc1. The summed E-state index contributed by atoms with van der Waals surface area (Å²) in [5, 5.41) is 7.17. The second-order valence-electron chi connectivity index (χ2n) is 5.64. The van der Waals surface area contributed by atoms with Gasteiger partial charge in [-0.25, -0.2) is 14.0 Å². The highest BCUT2D eigenvalue weighted by Crippen LogP contribution is 2.17. The van der Waals surface area contributed by atoms with Gasteiger partial charge in [0, 0.05) is 17.8 Å². The van der Waals surface area contributed by atoms with Crippen molar-refractivity contribution in [1.82, 2.24) is 19.8 Å². The van der Waals surface area contributed by atoms with E-state index in [9.17, 15) is 18.8 Å². The van der Waals surface area contributed by atoms with Gasteiger partial charge in [0.05, 0.1) is 0 Å². The average Bonchev–Trinajstić information content (AvgIpc) is 3.04. The fourth-order valence-corrected chi connectivity index (χ4v) is 2.67. The molecule has 0 bridgehead atoms. The van der Waals surface area contributed by atoms with Crippen molar-refractivity contribution in [3.63, 3.8) is 0 Å². The Kier molecular flexibility index (Phi) is 4.93. The van der Waals surface area contributed by atoms with Crippen LogP contribution in [-0.4, -0.2) is 38.1 Å². The van der Waals surface area contributed by atoms with Gasteiger partial charge in [-0.05, 0) is 48.5 Å². The highest BCUT2D eigenvalue weighted by atomic mass is 19.1. The number of tetrazole rings is 1. The molecule has 8 nitrogen and oxygen atoms in total. The van der Waals surface area contributed by atoms with Crippen molar-refractivity contribution in [3.8, 4) is 5.69 Å². The molecule has 0 atom stereocenters. The van der Waals surface area contributed by atoms with Gasteiger partial charge in [0.25, 0.3) is 0 Å². The van der Waals surface area contributed by atoms with Gasteiger partial charge in [0.2, 0.25) is 0 Å². The Morgan fingerprint density at radius 1 is 1.07 bits per heavy atom. The van der Waals surface area contributed by atoms with Crippen molar-refractivity contribution in [2.45, 2.75) is 13.8 Å². The number of aromatic nitrogens is 4. The van der Waals surface area contributed by atoms with Crippen molar-refractivity contribution < 1.29 is 14.0 Å². The second-order valence-corrected chi connectivity index (χ2v) is 5.64. The first-order chi connectivity index (χ1) is 13.0. The third kappa shape index (κ3) is 3.26. The fraction of sp³-hybridized carbons (Fsp3) is 0.167. The zero-order valence-electron chi connectivity index (χ0n) is 14.7. The summed E-state index contributed by atoms with van der Waals surface area (Å²) in [7, 11) is 0. The maximum absolute atomic E-state index is 14.3. The minimum Gasteiger partial charge on any atom is -0.294 e. The largest absolute Gasteiger partial charge is 0.377 e. The molecule has 138 valence electrons. The summed E-state index contributed by atoms with van der Waals surface area (Å²) >= 11 is 0. The predicted octanol–water partition coefficient (Wildman–Crippen LogP) is 2.27. The van der Waals surface area contributed by atoms with E-state index in [2.05, 4.69) is 10.4 Å². The number of nitrogens with zero attached hydrogens (tertiary/aromatic N) is 5. The Balaban J connectivity index is 2.08. The van der Waals surface area contributed by atoms with Crippen LogP contribution in [0, 0.1) is 5.82 Å². The number of anilines is 1. The van der Waals surface area contributed by atoms with Crippen LogP contribution >= 0.6 is 0 Å². The summed E-state index contributed by atoms with van der Waals surface area (Å²) in [6.45, 7) is 3.26. The molecular formula is C18H16FN5O3. The van der Waals surface area contributed by atoms with Gasteiger partial charge in [-0.3, -0.25) is 9.69 Å². The molecule has 9 heteroatoms. The molecule has 3 aromatic rings. The summed E-state index contributed by atoms with van der Waals surface area (Å²) in [6, 6.07) is 11.8. The van der Waals surface area contributed by atoms with E-state index in [0.29, 0.717) is 15.1 Å². The van der Waals surface area contributed by atoms with E-state index in [0.717, 1.165) is 6.07 Å². The molecule has 2 aromatic carbocycles. The summed E-state index contributed by atoms with van der Waals surface area (Å²) in [6.07, 6.45) is 0. The molecule has 0 N–H and O–H groups in total. The summed E-state index contributed by atoms with van der Waals surface area (Å²) in [4.78, 5) is 38.5. The van der Waals surface area contributed by atoms with Gasteiger partial charge in [-0.2, -0.15) is 4.68 Å². The minimum absolute atomic E-state index is 0.0352. The predicted molar refractivity (Wildman–Crippen MR) is 95.8 cm³/mol. The number of carbonyl (C=O) groups excluding carboxylic acids is 2. The van der Waals surface area contributed by atoms with Gasteiger partial charge in [0.15, 0.2) is 5.78 Å². The van der Waals surface area contributed by atoms with E-state index in [4.69, 9.17) is 0 Å². The second kappa shape index (κ2) is 7.32. The lowest BCUT2D eigenvalue weighted by Gasteiger charge is -2.19. The minimum atomic E-state index is -0.970. The molecule has 0 aliphatic heterocycles. The van der Waals surface area contributed by atoms with Crippen molar-refractivity contribution in [2.24, 2.45) is 0 Å². The molecule has 1 aromatic heterocycles. The van der Waals surface area contributed by atoms with Crippen molar-refractivity contribution >= 4 is 17.5 Å². The molecule has 0 radical (unpaired) electrons. The molecule has 1 heterocycles. The van der Waals surface area contributed by atoms with Crippen LogP contribution in [0.5, 0.6) is 0 Å². The third-order valence-corrected chi connectivity index (χ3v) is 3.96. The van der Waals surface area contributed by atoms with Crippen LogP contribution in [0.15, 0.2) is 53.3 Å². The molecule has 0 aliphatic rings. The Bertz CT molecular complexity index is 1060. The van der Waals surface area contributed by atoms with Crippen LogP contribution in [0.25, 0.3) is 5.69 Å². The number of ketones is 1. The van der Waals surface area contributed by atoms with Crippen molar-refractivity contribution in [2.75, 3.05) is 11.4 Å². The number of para-hydroxylation sites is 2.